The Kier molecular flexibility index (Phi) is 3.11. The third kappa shape index (κ3) is 2.71. The molecule has 0 saturated heterocycles. The Balaban J connectivity index is 1.78. The van der Waals surface area contributed by atoms with Crippen molar-refractivity contribution in [2.45, 2.75) is 13.5 Å². The fourth-order valence-electron chi connectivity index (χ4n) is 2.09. The summed E-state index contributed by atoms with van der Waals surface area (Å²) in [4.78, 5) is 8.28. The first kappa shape index (κ1) is 11.7. The molecule has 19 heavy (non-hydrogen) atoms. The standard InChI is InChI=1S/C16H15N3/c1-12-8-16(19-11-18-12)17-10-13-6-7-14-4-2-3-5-15(14)9-13/h2-9,11H,10H2,1H3,(H,17,18,19). The summed E-state index contributed by atoms with van der Waals surface area (Å²) in [6, 6.07) is 16.8. The molecule has 3 nitrogen and oxygen atoms in total. The van der Waals surface area contributed by atoms with Gasteiger partial charge in [-0.15, -0.1) is 0 Å². The zero-order valence-corrected chi connectivity index (χ0v) is 10.8. The van der Waals surface area contributed by atoms with Crippen LogP contribution in [0.25, 0.3) is 10.8 Å². The molecular weight excluding hydrogens is 234 g/mol. The average Bonchev–Trinajstić information content (AvgIpc) is 2.45. The van der Waals surface area contributed by atoms with Crippen LogP contribution in [0.3, 0.4) is 0 Å². The fraction of sp³-hybridized carbons (Fsp3) is 0.125. The van der Waals surface area contributed by atoms with Crippen molar-refractivity contribution in [2.75, 3.05) is 5.32 Å². The van der Waals surface area contributed by atoms with Crippen LogP contribution in [0.15, 0.2) is 54.9 Å². The van der Waals surface area contributed by atoms with Gasteiger partial charge in [0.1, 0.15) is 12.1 Å². The Hall–Kier alpha value is -2.42. The summed E-state index contributed by atoms with van der Waals surface area (Å²) in [6.07, 6.45) is 1.58. The SMILES string of the molecule is Cc1cc(NCc2ccc3ccccc3c2)ncn1. The lowest BCUT2D eigenvalue weighted by Crippen LogP contribution is -2.02. The lowest BCUT2D eigenvalue weighted by Gasteiger charge is -2.07. The highest BCUT2D eigenvalue weighted by Crippen LogP contribution is 2.16. The van der Waals surface area contributed by atoms with Crippen LogP contribution in [0.2, 0.25) is 0 Å². The van der Waals surface area contributed by atoms with Crippen molar-refractivity contribution in [3.8, 4) is 0 Å². The van der Waals surface area contributed by atoms with Crippen LogP contribution in [0.5, 0.6) is 0 Å². The van der Waals surface area contributed by atoms with Crippen molar-refractivity contribution in [3.05, 3.63) is 66.1 Å². The highest BCUT2D eigenvalue weighted by Gasteiger charge is 1.98. The third-order valence-corrected chi connectivity index (χ3v) is 3.09. The molecule has 0 amide bonds. The maximum atomic E-state index is 4.19. The molecule has 3 aromatic rings. The predicted octanol–water partition coefficient (Wildman–Crippen LogP) is 3.55. The number of nitrogens with one attached hydrogen (secondary N) is 1. The van der Waals surface area contributed by atoms with Crippen molar-refractivity contribution < 1.29 is 0 Å². The van der Waals surface area contributed by atoms with Gasteiger partial charge in [-0.25, -0.2) is 9.97 Å². The largest absolute Gasteiger partial charge is 0.366 e. The lowest BCUT2D eigenvalue weighted by molar-refractivity contribution is 1.05. The Morgan fingerprint density at radius 1 is 0.947 bits per heavy atom. The van der Waals surface area contributed by atoms with Crippen LogP contribution in [0, 0.1) is 6.92 Å². The molecule has 1 N–H and O–H groups in total. The zero-order chi connectivity index (χ0) is 13.1. The summed E-state index contributed by atoms with van der Waals surface area (Å²) in [5.74, 6) is 0.862. The van der Waals surface area contributed by atoms with E-state index in [1.165, 1.54) is 16.3 Å². The molecule has 0 aliphatic carbocycles. The second-order valence-corrected chi connectivity index (χ2v) is 4.58. The third-order valence-electron chi connectivity index (χ3n) is 3.09. The van der Waals surface area contributed by atoms with E-state index in [-0.39, 0.29) is 0 Å². The summed E-state index contributed by atoms with van der Waals surface area (Å²) < 4.78 is 0. The molecule has 1 aromatic heterocycles. The van der Waals surface area contributed by atoms with E-state index in [9.17, 15) is 0 Å². The quantitative estimate of drug-likeness (QED) is 0.771. The maximum Gasteiger partial charge on any atom is 0.129 e. The van der Waals surface area contributed by atoms with E-state index in [4.69, 9.17) is 0 Å². The minimum Gasteiger partial charge on any atom is -0.366 e. The van der Waals surface area contributed by atoms with E-state index in [1.807, 2.05) is 13.0 Å². The molecule has 0 spiro atoms. The number of rotatable bonds is 3. The molecule has 0 unspecified atom stereocenters. The monoisotopic (exact) mass is 249 g/mol. The summed E-state index contributed by atoms with van der Waals surface area (Å²) in [5.41, 5.74) is 2.21. The van der Waals surface area contributed by atoms with Crippen molar-refractivity contribution in [1.29, 1.82) is 0 Å². The summed E-state index contributed by atoms with van der Waals surface area (Å²) in [7, 11) is 0. The summed E-state index contributed by atoms with van der Waals surface area (Å²) in [5, 5.41) is 5.85. The van der Waals surface area contributed by atoms with Gasteiger partial charge < -0.3 is 5.32 Å². The first-order valence-corrected chi connectivity index (χ1v) is 6.31. The number of nitrogens with zero attached hydrogens (tertiary/aromatic N) is 2. The molecule has 0 saturated carbocycles. The van der Waals surface area contributed by atoms with Crippen molar-refractivity contribution in [2.24, 2.45) is 0 Å². The molecule has 1 heterocycles. The van der Waals surface area contributed by atoms with Gasteiger partial charge in [-0.05, 0) is 29.3 Å². The van der Waals surface area contributed by atoms with E-state index in [0.29, 0.717) is 0 Å². The van der Waals surface area contributed by atoms with Gasteiger partial charge in [0.25, 0.3) is 0 Å². The number of hydrogen-bond donors (Lipinski definition) is 1. The Morgan fingerprint density at radius 2 is 1.79 bits per heavy atom. The molecule has 0 bridgehead atoms. The minimum atomic E-state index is 0.765. The zero-order valence-electron chi connectivity index (χ0n) is 10.8. The Morgan fingerprint density at radius 3 is 2.63 bits per heavy atom. The van der Waals surface area contributed by atoms with E-state index >= 15 is 0 Å². The van der Waals surface area contributed by atoms with Gasteiger partial charge in [0.2, 0.25) is 0 Å². The number of fused-ring (bicyclic) bond motifs is 1. The summed E-state index contributed by atoms with van der Waals surface area (Å²) >= 11 is 0. The van der Waals surface area contributed by atoms with Crippen LogP contribution in [0.4, 0.5) is 5.82 Å². The second-order valence-electron chi connectivity index (χ2n) is 4.58. The van der Waals surface area contributed by atoms with Crippen LogP contribution < -0.4 is 5.32 Å². The van der Waals surface area contributed by atoms with E-state index in [1.54, 1.807) is 6.33 Å². The van der Waals surface area contributed by atoms with Crippen LogP contribution in [-0.4, -0.2) is 9.97 Å². The number of aromatic nitrogens is 2. The van der Waals surface area contributed by atoms with Gasteiger partial charge >= 0.3 is 0 Å². The van der Waals surface area contributed by atoms with E-state index in [0.717, 1.165) is 18.1 Å². The van der Waals surface area contributed by atoms with Crippen molar-refractivity contribution in [3.63, 3.8) is 0 Å². The number of hydrogen-bond acceptors (Lipinski definition) is 3. The van der Waals surface area contributed by atoms with Crippen LogP contribution >= 0.6 is 0 Å². The second kappa shape index (κ2) is 5.06. The molecule has 3 heteroatoms. The molecule has 0 aliphatic rings. The lowest BCUT2D eigenvalue weighted by atomic mass is 10.1. The maximum absolute atomic E-state index is 4.19. The highest BCUT2D eigenvalue weighted by atomic mass is 15.0. The molecule has 94 valence electrons. The molecular formula is C16H15N3. The first-order chi connectivity index (χ1) is 9.31. The molecule has 2 aromatic carbocycles. The Bertz CT molecular complexity index is 707. The summed E-state index contributed by atoms with van der Waals surface area (Å²) in [6.45, 7) is 2.73. The molecule has 3 rings (SSSR count). The molecule has 0 atom stereocenters. The van der Waals surface area contributed by atoms with Gasteiger partial charge in [0.15, 0.2) is 0 Å². The van der Waals surface area contributed by atoms with Crippen molar-refractivity contribution >= 4 is 16.6 Å². The van der Waals surface area contributed by atoms with Gasteiger partial charge in [-0.3, -0.25) is 0 Å². The number of aryl methyl sites for hydroxylation is 1. The number of benzene rings is 2. The molecule has 0 aliphatic heterocycles. The van der Waals surface area contributed by atoms with Gasteiger partial charge in [-0.2, -0.15) is 0 Å². The van der Waals surface area contributed by atoms with Gasteiger partial charge in [-0.1, -0.05) is 36.4 Å². The van der Waals surface area contributed by atoms with E-state index < -0.39 is 0 Å². The van der Waals surface area contributed by atoms with E-state index in [2.05, 4.69) is 57.7 Å². The molecule has 0 radical (unpaired) electrons. The van der Waals surface area contributed by atoms with Gasteiger partial charge in [0, 0.05) is 18.3 Å². The van der Waals surface area contributed by atoms with Gasteiger partial charge in [0.05, 0.1) is 0 Å². The molecule has 0 fully saturated rings. The van der Waals surface area contributed by atoms with Crippen molar-refractivity contribution in [1.82, 2.24) is 9.97 Å². The normalized spacial score (nSPS) is 10.6. The number of anilines is 1. The Labute approximate surface area is 112 Å². The van der Waals surface area contributed by atoms with Crippen LogP contribution in [-0.2, 0) is 6.54 Å². The van der Waals surface area contributed by atoms with Crippen LogP contribution in [0.1, 0.15) is 11.3 Å². The predicted molar refractivity (Wildman–Crippen MR) is 78.0 cm³/mol. The smallest absolute Gasteiger partial charge is 0.129 e. The highest BCUT2D eigenvalue weighted by molar-refractivity contribution is 5.83. The minimum absolute atomic E-state index is 0.765. The first-order valence-electron chi connectivity index (χ1n) is 6.31. The average molecular weight is 249 g/mol. The topological polar surface area (TPSA) is 37.8 Å². The fourth-order valence-corrected chi connectivity index (χ4v) is 2.09.